The van der Waals surface area contributed by atoms with Crippen LogP contribution in [0.15, 0.2) is 0 Å². The Kier molecular flexibility index (Phi) is 4.16. The van der Waals surface area contributed by atoms with E-state index in [1.54, 1.807) is 0 Å². The first kappa shape index (κ1) is 14.9. The maximum atomic E-state index is 12.3. The highest BCUT2D eigenvalue weighted by atomic mass is 16.5. The smallest absolute Gasteiger partial charge is 0.306 e. The highest BCUT2D eigenvalue weighted by molar-refractivity contribution is 5.70. The molecule has 4 nitrogen and oxygen atoms in total. The molecule has 0 amide bonds. The molecule has 5 rings (SSSR count). The molecule has 0 radical (unpaired) electrons. The summed E-state index contributed by atoms with van der Waals surface area (Å²) >= 11 is 0. The molecule has 4 heteroatoms. The van der Waals surface area contributed by atoms with Gasteiger partial charge in [0.15, 0.2) is 0 Å². The second kappa shape index (κ2) is 6.12. The van der Waals surface area contributed by atoms with E-state index in [1.165, 1.54) is 38.5 Å². The molecular weight excluding hydrogens is 278 g/mol. The van der Waals surface area contributed by atoms with E-state index in [9.17, 15) is 4.79 Å². The lowest BCUT2D eigenvalue weighted by Crippen LogP contribution is -2.47. The van der Waals surface area contributed by atoms with Crippen molar-refractivity contribution in [3.8, 4) is 0 Å². The first-order valence-corrected chi connectivity index (χ1v) is 9.16. The van der Waals surface area contributed by atoms with Crippen molar-refractivity contribution >= 4 is 5.97 Å². The molecule has 0 spiro atoms. The molecule has 5 aliphatic rings. The molecule has 4 aliphatic carbocycles. The number of hydrogen-bond acceptors (Lipinski definition) is 4. The zero-order valence-electron chi connectivity index (χ0n) is 13.6. The van der Waals surface area contributed by atoms with Gasteiger partial charge in [0, 0.05) is 19.6 Å². The summed E-state index contributed by atoms with van der Waals surface area (Å²) in [6.07, 6.45) is 8.86. The van der Waals surface area contributed by atoms with E-state index in [0.717, 1.165) is 50.6 Å². The minimum Gasteiger partial charge on any atom is -0.464 e. The number of morpholine rings is 1. The Morgan fingerprint density at radius 1 is 1.05 bits per heavy atom. The van der Waals surface area contributed by atoms with Gasteiger partial charge in [-0.25, -0.2) is 0 Å². The summed E-state index contributed by atoms with van der Waals surface area (Å²) in [5.74, 6) is 2.78. The van der Waals surface area contributed by atoms with Crippen LogP contribution >= 0.6 is 0 Å². The molecule has 22 heavy (non-hydrogen) atoms. The third-order valence-corrected chi connectivity index (χ3v) is 6.46. The number of carbonyl (C=O) groups excluding carboxylic acids is 1. The lowest BCUT2D eigenvalue weighted by atomic mass is 9.49. The zero-order chi connectivity index (χ0) is 15.0. The van der Waals surface area contributed by atoms with Crippen molar-refractivity contribution in [2.45, 2.75) is 44.9 Å². The predicted octanol–water partition coefficient (Wildman–Crippen LogP) is 2.47. The molecule has 0 unspecified atom stereocenters. The Morgan fingerprint density at radius 2 is 1.64 bits per heavy atom. The summed E-state index contributed by atoms with van der Waals surface area (Å²) < 4.78 is 10.9. The molecule has 0 N–H and O–H groups in total. The standard InChI is InChI=1S/C18H29NO3/c20-17(22-6-3-19-1-4-21-5-2-19)13-18-10-14-7-15(11-18)9-16(8-14)12-18/h14-16H,1-13H2. The van der Waals surface area contributed by atoms with Crippen molar-refractivity contribution in [1.29, 1.82) is 0 Å². The molecule has 1 heterocycles. The van der Waals surface area contributed by atoms with E-state index in [-0.39, 0.29) is 5.97 Å². The van der Waals surface area contributed by atoms with Crippen molar-refractivity contribution in [2.75, 3.05) is 39.5 Å². The van der Waals surface area contributed by atoms with Crippen molar-refractivity contribution in [3.05, 3.63) is 0 Å². The van der Waals surface area contributed by atoms with Gasteiger partial charge in [-0.2, -0.15) is 0 Å². The first-order valence-electron chi connectivity index (χ1n) is 9.16. The third kappa shape index (κ3) is 3.18. The SMILES string of the molecule is O=C(CC12CC3CC(CC(C3)C1)C2)OCCN1CCOCC1. The Balaban J connectivity index is 1.24. The van der Waals surface area contributed by atoms with Gasteiger partial charge in [0.05, 0.1) is 19.6 Å². The van der Waals surface area contributed by atoms with Gasteiger partial charge < -0.3 is 9.47 Å². The van der Waals surface area contributed by atoms with Crippen LogP contribution in [-0.2, 0) is 14.3 Å². The average molecular weight is 307 g/mol. The normalized spacial score (nSPS) is 40.8. The van der Waals surface area contributed by atoms with Gasteiger partial charge in [-0.15, -0.1) is 0 Å². The minimum absolute atomic E-state index is 0.0511. The number of nitrogens with zero attached hydrogens (tertiary/aromatic N) is 1. The van der Waals surface area contributed by atoms with Crippen LogP contribution in [-0.4, -0.2) is 50.3 Å². The van der Waals surface area contributed by atoms with E-state index in [2.05, 4.69) is 4.90 Å². The summed E-state index contributed by atoms with van der Waals surface area (Å²) in [5, 5.41) is 0. The van der Waals surface area contributed by atoms with E-state index in [4.69, 9.17) is 9.47 Å². The summed E-state index contributed by atoms with van der Waals surface area (Å²) in [4.78, 5) is 14.6. The predicted molar refractivity (Wildman–Crippen MR) is 83.4 cm³/mol. The van der Waals surface area contributed by atoms with Crippen LogP contribution in [0.2, 0.25) is 0 Å². The van der Waals surface area contributed by atoms with Gasteiger partial charge in [0.25, 0.3) is 0 Å². The summed E-state index contributed by atoms with van der Waals surface area (Å²) in [6, 6.07) is 0. The Morgan fingerprint density at radius 3 is 2.23 bits per heavy atom. The highest BCUT2D eigenvalue weighted by Gasteiger charge is 2.51. The molecule has 5 fully saturated rings. The van der Waals surface area contributed by atoms with Crippen LogP contribution in [0.3, 0.4) is 0 Å². The van der Waals surface area contributed by atoms with Gasteiger partial charge in [0.1, 0.15) is 6.61 Å². The van der Waals surface area contributed by atoms with E-state index in [0.29, 0.717) is 18.4 Å². The quantitative estimate of drug-likeness (QED) is 0.732. The topological polar surface area (TPSA) is 38.8 Å². The molecular formula is C18H29NO3. The molecule has 1 aliphatic heterocycles. The van der Waals surface area contributed by atoms with Crippen LogP contribution in [0.5, 0.6) is 0 Å². The molecule has 0 aromatic heterocycles. The molecule has 4 bridgehead atoms. The monoisotopic (exact) mass is 307 g/mol. The Hall–Kier alpha value is -0.610. The molecule has 1 saturated heterocycles. The lowest BCUT2D eigenvalue weighted by Gasteiger charge is -2.56. The average Bonchev–Trinajstić information content (AvgIpc) is 2.46. The fraction of sp³-hybridized carbons (Fsp3) is 0.944. The second-order valence-corrected chi connectivity index (χ2v) is 8.27. The molecule has 4 saturated carbocycles. The number of hydrogen-bond donors (Lipinski definition) is 0. The fourth-order valence-corrected chi connectivity index (χ4v) is 5.98. The van der Waals surface area contributed by atoms with Gasteiger partial charge in [-0.1, -0.05) is 0 Å². The van der Waals surface area contributed by atoms with Gasteiger partial charge in [-0.3, -0.25) is 9.69 Å². The molecule has 0 atom stereocenters. The Bertz CT molecular complexity index is 381. The maximum Gasteiger partial charge on any atom is 0.306 e. The van der Waals surface area contributed by atoms with E-state index in [1.807, 2.05) is 0 Å². The number of esters is 1. The summed E-state index contributed by atoms with van der Waals surface area (Å²) in [7, 11) is 0. The van der Waals surface area contributed by atoms with E-state index >= 15 is 0 Å². The number of ether oxygens (including phenoxy) is 2. The van der Waals surface area contributed by atoms with Gasteiger partial charge >= 0.3 is 5.97 Å². The minimum atomic E-state index is 0.0511. The van der Waals surface area contributed by atoms with Crippen molar-refractivity contribution in [3.63, 3.8) is 0 Å². The molecule has 124 valence electrons. The Labute approximate surface area is 133 Å². The van der Waals surface area contributed by atoms with Crippen LogP contribution in [0.25, 0.3) is 0 Å². The maximum absolute atomic E-state index is 12.3. The van der Waals surface area contributed by atoms with Crippen LogP contribution in [0.1, 0.15) is 44.9 Å². The van der Waals surface area contributed by atoms with Crippen molar-refractivity contribution in [2.24, 2.45) is 23.2 Å². The second-order valence-electron chi connectivity index (χ2n) is 8.27. The fourth-order valence-electron chi connectivity index (χ4n) is 5.98. The number of carbonyl (C=O) groups is 1. The third-order valence-electron chi connectivity index (χ3n) is 6.46. The van der Waals surface area contributed by atoms with Crippen molar-refractivity contribution in [1.82, 2.24) is 4.90 Å². The van der Waals surface area contributed by atoms with Gasteiger partial charge in [0.2, 0.25) is 0 Å². The first-order chi connectivity index (χ1) is 10.7. The summed E-state index contributed by atoms with van der Waals surface area (Å²) in [6.45, 7) is 4.95. The van der Waals surface area contributed by atoms with Crippen LogP contribution in [0, 0.1) is 23.2 Å². The molecule has 0 aromatic rings. The lowest BCUT2D eigenvalue weighted by molar-refractivity contribution is -0.152. The van der Waals surface area contributed by atoms with Crippen LogP contribution in [0.4, 0.5) is 0 Å². The molecule has 0 aromatic carbocycles. The van der Waals surface area contributed by atoms with Crippen molar-refractivity contribution < 1.29 is 14.3 Å². The van der Waals surface area contributed by atoms with Crippen LogP contribution < -0.4 is 0 Å². The summed E-state index contributed by atoms with van der Waals surface area (Å²) in [5.41, 5.74) is 0.310. The van der Waals surface area contributed by atoms with E-state index < -0.39 is 0 Å². The number of rotatable bonds is 5. The highest BCUT2D eigenvalue weighted by Crippen LogP contribution is 2.61. The van der Waals surface area contributed by atoms with Gasteiger partial charge in [-0.05, 0) is 61.7 Å². The zero-order valence-corrected chi connectivity index (χ0v) is 13.6. The largest absolute Gasteiger partial charge is 0.464 e.